The average Bonchev–Trinajstić information content (AvgIpc) is 3.30. The Bertz CT molecular complexity index is 1430. The Hall–Kier alpha value is -4.11. The van der Waals surface area contributed by atoms with E-state index in [1.165, 1.54) is 0 Å². The number of carbonyl (C=O) groups excluding carboxylic acids is 3. The molecule has 0 saturated heterocycles. The molecule has 2 heterocycles. The number of benzene rings is 2. The predicted molar refractivity (Wildman–Crippen MR) is 152 cm³/mol. The molecule has 0 radical (unpaired) electrons. The maximum absolute atomic E-state index is 13.4. The zero-order valence-corrected chi connectivity index (χ0v) is 24.0. The standard InChI is InChI=1S/C30H33ClN4O5/c1-18(2)39-29(37)24-19(3)32-30(38)35(27(24)22-13-9-14-23(31)17-22)16-10-15-34(5)28(36)25-20(4)40-33-26(25)21-11-7-6-8-12-21/h6-9,11-14,17-18,27H,10,15-16H2,1-5H3,(H,32,38). The first-order valence-corrected chi connectivity index (χ1v) is 13.5. The highest BCUT2D eigenvalue weighted by atomic mass is 35.5. The van der Waals surface area contributed by atoms with Gasteiger partial charge >= 0.3 is 12.0 Å². The summed E-state index contributed by atoms with van der Waals surface area (Å²) >= 11 is 6.29. The van der Waals surface area contributed by atoms with Crippen molar-refractivity contribution >= 4 is 29.5 Å². The fourth-order valence-electron chi connectivity index (χ4n) is 4.76. The lowest BCUT2D eigenvalue weighted by Gasteiger charge is -2.38. The lowest BCUT2D eigenvalue weighted by molar-refractivity contribution is -0.143. The summed E-state index contributed by atoms with van der Waals surface area (Å²) < 4.78 is 10.9. The second kappa shape index (κ2) is 12.4. The normalized spacial score (nSPS) is 15.3. The van der Waals surface area contributed by atoms with Gasteiger partial charge < -0.3 is 24.4 Å². The third-order valence-corrected chi connectivity index (χ3v) is 6.87. The molecule has 2 aromatic carbocycles. The van der Waals surface area contributed by atoms with Crippen molar-refractivity contribution in [3.63, 3.8) is 0 Å². The van der Waals surface area contributed by atoms with Gasteiger partial charge in [-0.15, -0.1) is 0 Å². The SMILES string of the molecule is CC1=C(C(=O)OC(C)C)C(c2cccc(Cl)c2)N(CCCN(C)C(=O)c2c(-c3ccccc3)noc2C)C(=O)N1. The molecule has 1 unspecified atom stereocenters. The summed E-state index contributed by atoms with van der Waals surface area (Å²) in [5.74, 6) is -0.309. The van der Waals surface area contributed by atoms with Gasteiger partial charge in [-0.05, 0) is 51.8 Å². The summed E-state index contributed by atoms with van der Waals surface area (Å²) in [6.45, 7) is 7.55. The van der Waals surface area contributed by atoms with Gasteiger partial charge in [0.2, 0.25) is 0 Å². The van der Waals surface area contributed by atoms with Crippen LogP contribution in [0, 0.1) is 6.92 Å². The Balaban J connectivity index is 1.55. The fraction of sp³-hybridized carbons (Fsp3) is 0.333. The highest BCUT2D eigenvalue weighted by Gasteiger charge is 2.38. The molecule has 0 aliphatic carbocycles. The first kappa shape index (κ1) is 28.9. The molecule has 0 fully saturated rings. The van der Waals surface area contributed by atoms with E-state index in [4.69, 9.17) is 20.9 Å². The minimum Gasteiger partial charge on any atom is -0.459 e. The third kappa shape index (κ3) is 6.20. The van der Waals surface area contributed by atoms with Crippen LogP contribution in [0.5, 0.6) is 0 Å². The number of rotatable bonds is 9. The Morgan fingerprint density at radius 1 is 1.15 bits per heavy atom. The number of esters is 1. The number of allylic oxidation sites excluding steroid dienone is 1. The molecule has 0 saturated carbocycles. The van der Waals surface area contributed by atoms with E-state index in [1.807, 2.05) is 36.4 Å². The maximum atomic E-state index is 13.4. The number of nitrogens with one attached hydrogen (secondary N) is 1. The van der Waals surface area contributed by atoms with Crippen LogP contribution in [0.3, 0.4) is 0 Å². The molecule has 1 atom stereocenters. The Kier molecular flexibility index (Phi) is 8.94. The predicted octanol–water partition coefficient (Wildman–Crippen LogP) is 5.76. The number of hydrogen-bond acceptors (Lipinski definition) is 6. The molecule has 10 heteroatoms. The first-order valence-electron chi connectivity index (χ1n) is 13.1. The van der Waals surface area contributed by atoms with E-state index < -0.39 is 12.0 Å². The molecule has 40 heavy (non-hydrogen) atoms. The van der Waals surface area contributed by atoms with Crippen LogP contribution in [-0.4, -0.2) is 59.1 Å². The number of amides is 3. The Labute approximate surface area is 238 Å². The number of carbonyl (C=O) groups is 3. The quantitative estimate of drug-likeness (QED) is 0.331. The van der Waals surface area contributed by atoms with Gasteiger partial charge in [0, 0.05) is 36.4 Å². The summed E-state index contributed by atoms with van der Waals surface area (Å²) in [6, 6.07) is 15.4. The van der Waals surface area contributed by atoms with Crippen LogP contribution in [0.1, 0.15) is 54.9 Å². The van der Waals surface area contributed by atoms with E-state index in [0.29, 0.717) is 51.8 Å². The summed E-state index contributed by atoms with van der Waals surface area (Å²) in [4.78, 5) is 43.0. The Morgan fingerprint density at radius 3 is 2.55 bits per heavy atom. The van der Waals surface area contributed by atoms with Crippen molar-refractivity contribution in [3.05, 3.63) is 87.8 Å². The molecule has 0 bridgehead atoms. The zero-order chi connectivity index (χ0) is 29.0. The van der Waals surface area contributed by atoms with Crippen molar-refractivity contribution in [2.75, 3.05) is 20.1 Å². The zero-order valence-electron chi connectivity index (χ0n) is 23.2. The third-order valence-electron chi connectivity index (χ3n) is 6.63. The molecular weight excluding hydrogens is 532 g/mol. The van der Waals surface area contributed by atoms with Gasteiger partial charge in [-0.25, -0.2) is 9.59 Å². The van der Waals surface area contributed by atoms with Crippen LogP contribution in [-0.2, 0) is 9.53 Å². The van der Waals surface area contributed by atoms with Crippen LogP contribution in [0.2, 0.25) is 5.02 Å². The summed E-state index contributed by atoms with van der Waals surface area (Å²) in [5, 5.41) is 7.40. The second-order valence-corrected chi connectivity index (χ2v) is 10.4. The molecule has 210 valence electrons. The lowest BCUT2D eigenvalue weighted by Crippen LogP contribution is -2.49. The van der Waals surface area contributed by atoms with Gasteiger partial charge in [0.1, 0.15) is 17.0 Å². The van der Waals surface area contributed by atoms with Gasteiger partial charge in [0.15, 0.2) is 0 Å². The molecule has 3 aromatic rings. The van der Waals surface area contributed by atoms with Crippen molar-refractivity contribution in [3.8, 4) is 11.3 Å². The van der Waals surface area contributed by atoms with Gasteiger partial charge in [-0.2, -0.15) is 0 Å². The van der Waals surface area contributed by atoms with E-state index >= 15 is 0 Å². The summed E-state index contributed by atoms with van der Waals surface area (Å²) in [7, 11) is 1.70. The molecule has 1 aromatic heterocycles. The molecule has 9 nitrogen and oxygen atoms in total. The van der Waals surface area contributed by atoms with Crippen molar-refractivity contribution in [1.82, 2.24) is 20.3 Å². The molecule has 1 aliphatic heterocycles. The summed E-state index contributed by atoms with van der Waals surface area (Å²) in [5.41, 5.74) is 3.13. The molecule has 1 N–H and O–H groups in total. The number of aryl methyl sites for hydroxylation is 1. The van der Waals surface area contributed by atoms with E-state index in [0.717, 1.165) is 5.56 Å². The van der Waals surface area contributed by atoms with E-state index in [-0.39, 0.29) is 24.6 Å². The highest BCUT2D eigenvalue weighted by molar-refractivity contribution is 6.30. The van der Waals surface area contributed by atoms with Gasteiger partial charge in [0.25, 0.3) is 5.91 Å². The fourth-order valence-corrected chi connectivity index (χ4v) is 4.96. The number of aromatic nitrogens is 1. The average molecular weight is 565 g/mol. The second-order valence-electron chi connectivity index (χ2n) is 9.98. The van der Waals surface area contributed by atoms with E-state index in [1.54, 1.807) is 62.7 Å². The van der Waals surface area contributed by atoms with E-state index in [2.05, 4.69) is 10.5 Å². The maximum Gasteiger partial charge on any atom is 0.338 e. The van der Waals surface area contributed by atoms with Crippen LogP contribution in [0.4, 0.5) is 4.79 Å². The van der Waals surface area contributed by atoms with E-state index in [9.17, 15) is 14.4 Å². The van der Waals surface area contributed by atoms with Gasteiger partial charge in [0.05, 0.1) is 17.7 Å². The number of urea groups is 1. The lowest BCUT2D eigenvalue weighted by atomic mass is 9.93. The molecule has 3 amide bonds. The molecule has 0 spiro atoms. The van der Waals surface area contributed by atoms with Crippen molar-refractivity contribution in [2.24, 2.45) is 0 Å². The van der Waals surface area contributed by atoms with Crippen LogP contribution < -0.4 is 5.32 Å². The minimum absolute atomic E-state index is 0.232. The minimum atomic E-state index is -0.704. The number of hydrogen-bond donors (Lipinski definition) is 1. The van der Waals surface area contributed by atoms with Crippen molar-refractivity contribution in [2.45, 2.75) is 46.3 Å². The van der Waals surface area contributed by atoms with Crippen LogP contribution in [0.15, 0.2) is 70.4 Å². The highest BCUT2D eigenvalue weighted by Crippen LogP contribution is 2.35. The molecule has 1 aliphatic rings. The smallest absolute Gasteiger partial charge is 0.338 e. The number of nitrogens with zero attached hydrogens (tertiary/aromatic N) is 3. The van der Waals surface area contributed by atoms with Crippen LogP contribution >= 0.6 is 11.6 Å². The van der Waals surface area contributed by atoms with Gasteiger partial charge in [-0.1, -0.05) is 59.2 Å². The van der Waals surface area contributed by atoms with Gasteiger partial charge in [-0.3, -0.25) is 4.79 Å². The molecular formula is C30H33ClN4O5. The largest absolute Gasteiger partial charge is 0.459 e. The van der Waals surface area contributed by atoms with Crippen molar-refractivity contribution < 1.29 is 23.6 Å². The molecule has 4 rings (SSSR count). The summed E-state index contributed by atoms with van der Waals surface area (Å²) in [6.07, 6.45) is 0.115. The monoisotopic (exact) mass is 564 g/mol. The van der Waals surface area contributed by atoms with Crippen LogP contribution in [0.25, 0.3) is 11.3 Å². The topological polar surface area (TPSA) is 105 Å². The first-order chi connectivity index (χ1) is 19.1. The number of halogens is 1. The number of ether oxygens (including phenoxy) is 1. The Morgan fingerprint density at radius 2 is 1.88 bits per heavy atom. The van der Waals surface area contributed by atoms with Crippen molar-refractivity contribution in [1.29, 1.82) is 0 Å².